The van der Waals surface area contributed by atoms with E-state index in [9.17, 15) is 4.79 Å². The molecule has 8 heteroatoms. The Bertz CT molecular complexity index is 1080. The molecule has 0 saturated carbocycles. The van der Waals surface area contributed by atoms with Gasteiger partial charge in [0.15, 0.2) is 0 Å². The number of aromatic nitrogens is 2. The number of benzene rings is 1. The SMILES string of the molecule is C=C(C#N)/C(=C\C=C\c1nnc(-c2cccc3c2CC[C@@H]3NC(=O)CN)s1)OC(C)C. The number of rotatable bonds is 8. The van der Waals surface area contributed by atoms with Gasteiger partial charge in [0.2, 0.25) is 5.91 Å². The van der Waals surface area contributed by atoms with Gasteiger partial charge in [0.1, 0.15) is 21.8 Å². The summed E-state index contributed by atoms with van der Waals surface area (Å²) >= 11 is 1.48. The van der Waals surface area contributed by atoms with Gasteiger partial charge in [-0.1, -0.05) is 42.2 Å². The first-order chi connectivity index (χ1) is 14.9. The van der Waals surface area contributed by atoms with Crippen LogP contribution in [0.3, 0.4) is 0 Å². The lowest BCUT2D eigenvalue weighted by molar-refractivity contribution is -0.120. The first-order valence-electron chi connectivity index (χ1n) is 10.0. The molecule has 3 rings (SSSR count). The van der Waals surface area contributed by atoms with Crippen LogP contribution in [-0.2, 0) is 16.0 Å². The number of carbonyl (C=O) groups is 1. The summed E-state index contributed by atoms with van der Waals surface area (Å²) in [6.45, 7) is 7.48. The largest absolute Gasteiger partial charge is 0.490 e. The monoisotopic (exact) mass is 435 g/mol. The van der Waals surface area contributed by atoms with Gasteiger partial charge in [-0.3, -0.25) is 4.79 Å². The van der Waals surface area contributed by atoms with E-state index in [4.69, 9.17) is 15.7 Å². The van der Waals surface area contributed by atoms with E-state index in [1.165, 1.54) is 16.9 Å². The van der Waals surface area contributed by atoms with Crippen molar-refractivity contribution in [3.05, 3.63) is 64.4 Å². The molecule has 1 aromatic carbocycles. The number of nitrogens with two attached hydrogens (primary N) is 1. The van der Waals surface area contributed by atoms with Gasteiger partial charge < -0.3 is 15.8 Å². The van der Waals surface area contributed by atoms with E-state index in [0.717, 1.165) is 34.0 Å². The average Bonchev–Trinajstić information content (AvgIpc) is 3.39. The molecule has 0 radical (unpaired) electrons. The van der Waals surface area contributed by atoms with E-state index in [2.05, 4.69) is 22.1 Å². The second kappa shape index (κ2) is 10.2. The van der Waals surface area contributed by atoms with E-state index in [-0.39, 0.29) is 30.2 Å². The molecule has 2 aromatic rings. The Kier molecular flexibility index (Phi) is 7.34. The molecule has 0 spiro atoms. The standard InChI is InChI=1S/C23H25N5O2S/c1-14(2)30-20(15(3)12-24)8-5-9-22-27-28-23(31-22)18-7-4-6-17-16(18)10-11-19(17)26-21(29)13-25/h4-9,14,19H,3,10-11,13,25H2,1-2H3,(H,26,29)/b9-5+,20-8+/t19-/m0/s1. The van der Waals surface area contributed by atoms with E-state index < -0.39 is 0 Å². The van der Waals surface area contributed by atoms with Crippen LogP contribution >= 0.6 is 11.3 Å². The summed E-state index contributed by atoms with van der Waals surface area (Å²) in [5.41, 5.74) is 9.04. The fraction of sp³-hybridized carbons (Fsp3) is 0.304. The molecule has 0 bridgehead atoms. The Morgan fingerprint density at radius 1 is 1.48 bits per heavy atom. The molecule has 1 aliphatic rings. The molecular formula is C23H25N5O2S. The molecule has 1 atom stereocenters. The summed E-state index contributed by atoms with van der Waals surface area (Å²) < 4.78 is 5.63. The highest BCUT2D eigenvalue weighted by molar-refractivity contribution is 7.15. The van der Waals surface area contributed by atoms with Gasteiger partial charge in [-0.2, -0.15) is 5.26 Å². The minimum absolute atomic E-state index is 0.0162. The Morgan fingerprint density at radius 2 is 2.29 bits per heavy atom. The van der Waals surface area contributed by atoms with Crippen molar-refractivity contribution in [1.29, 1.82) is 5.26 Å². The molecule has 0 unspecified atom stereocenters. The van der Waals surface area contributed by atoms with E-state index in [1.807, 2.05) is 44.2 Å². The number of nitrogens with zero attached hydrogens (tertiary/aromatic N) is 3. The van der Waals surface area contributed by atoms with Crippen LogP contribution in [-0.4, -0.2) is 28.8 Å². The highest BCUT2D eigenvalue weighted by atomic mass is 32.1. The van der Waals surface area contributed by atoms with Crippen LogP contribution in [0.4, 0.5) is 0 Å². The van der Waals surface area contributed by atoms with Crippen molar-refractivity contribution in [3.63, 3.8) is 0 Å². The van der Waals surface area contributed by atoms with Crippen molar-refractivity contribution in [2.45, 2.75) is 38.8 Å². The van der Waals surface area contributed by atoms with Crippen molar-refractivity contribution in [2.75, 3.05) is 6.54 Å². The third kappa shape index (κ3) is 5.45. The lowest BCUT2D eigenvalue weighted by atomic mass is 10.0. The Morgan fingerprint density at radius 3 is 3.00 bits per heavy atom. The molecule has 160 valence electrons. The molecule has 7 nitrogen and oxygen atoms in total. The topological polar surface area (TPSA) is 114 Å². The number of fused-ring (bicyclic) bond motifs is 1. The number of allylic oxidation sites excluding steroid dienone is 3. The molecule has 3 N–H and O–H groups in total. The van der Waals surface area contributed by atoms with Crippen LogP contribution in [0.5, 0.6) is 0 Å². The number of carbonyl (C=O) groups excluding carboxylic acids is 1. The summed E-state index contributed by atoms with van der Waals surface area (Å²) in [7, 11) is 0. The van der Waals surface area contributed by atoms with E-state index >= 15 is 0 Å². The third-order valence-electron chi connectivity index (χ3n) is 4.74. The first-order valence-corrected chi connectivity index (χ1v) is 10.8. The summed E-state index contributed by atoms with van der Waals surface area (Å²) in [6, 6.07) is 8.04. The molecule has 1 aliphatic carbocycles. The maximum atomic E-state index is 11.7. The van der Waals surface area contributed by atoms with Crippen molar-refractivity contribution >= 4 is 23.3 Å². The first kappa shape index (κ1) is 22.4. The van der Waals surface area contributed by atoms with Crippen LogP contribution in [0.2, 0.25) is 0 Å². The van der Waals surface area contributed by atoms with Gasteiger partial charge in [0.25, 0.3) is 0 Å². The smallest absolute Gasteiger partial charge is 0.234 e. The number of amides is 1. The van der Waals surface area contributed by atoms with Gasteiger partial charge >= 0.3 is 0 Å². The lowest BCUT2D eigenvalue weighted by Crippen LogP contribution is -2.32. The molecule has 1 heterocycles. The maximum absolute atomic E-state index is 11.7. The fourth-order valence-corrected chi connectivity index (χ4v) is 4.22. The average molecular weight is 436 g/mol. The molecule has 0 aliphatic heterocycles. The van der Waals surface area contributed by atoms with Gasteiger partial charge in [0.05, 0.1) is 24.3 Å². The van der Waals surface area contributed by atoms with Gasteiger partial charge in [0, 0.05) is 5.56 Å². The zero-order chi connectivity index (χ0) is 22.4. The number of nitrogens with one attached hydrogen (secondary N) is 1. The second-order valence-corrected chi connectivity index (χ2v) is 8.34. The zero-order valence-corrected chi connectivity index (χ0v) is 18.4. The highest BCUT2D eigenvalue weighted by Crippen LogP contribution is 2.38. The minimum Gasteiger partial charge on any atom is -0.490 e. The van der Waals surface area contributed by atoms with Crippen LogP contribution in [0.25, 0.3) is 16.6 Å². The number of hydrogen-bond acceptors (Lipinski definition) is 7. The van der Waals surface area contributed by atoms with Crippen molar-refractivity contribution in [2.24, 2.45) is 5.73 Å². The minimum atomic E-state index is -0.153. The second-order valence-electron chi connectivity index (χ2n) is 7.33. The van der Waals surface area contributed by atoms with Crippen LogP contribution in [0.1, 0.15) is 42.4 Å². The summed E-state index contributed by atoms with van der Waals surface area (Å²) in [6.07, 6.45) is 6.95. The Balaban J connectivity index is 1.80. The van der Waals surface area contributed by atoms with Crippen LogP contribution in [0.15, 0.2) is 48.3 Å². The van der Waals surface area contributed by atoms with Crippen molar-refractivity contribution in [3.8, 4) is 16.6 Å². The summed E-state index contributed by atoms with van der Waals surface area (Å²) in [4.78, 5) is 11.7. The van der Waals surface area contributed by atoms with Crippen LogP contribution in [0, 0.1) is 11.3 Å². The summed E-state index contributed by atoms with van der Waals surface area (Å²) in [5.74, 6) is 0.282. The number of ether oxygens (including phenoxy) is 1. The highest BCUT2D eigenvalue weighted by Gasteiger charge is 2.26. The predicted octanol–water partition coefficient (Wildman–Crippen LogP) is 3.67. The van der Waals surface area contributed by atoms with Crippen molar-refractivity contribution < 1.29 is 9.53 Å². The fourth-order valence-electron chi connectivity index (χ4n) is 3.41. The molecule has 0 fully saturated rings. The molecule has 1 amide bonds. The summed E-state index contributed by atoms with van der Waals surface area (Å²) in [5, 5.41) is 22.2. The number of hydrogen-bond donors (Lipinski definition) is 2. The maximum Gasteiger partial charge on any atom is 0.234 e. The Labute approximate surface area is 185 Å². The molecule has 31 heavy (non-hydrogen) atoms. The third-order valence-corrected chi connectivity index (χ3v) is 5.67. The Hall–Kier alpha value is -3.28. The van der Waals surface area contributed by atoms with Crippen LogP contribution < -0.4 is 11.1 Å². The lowest BCUT2D eigenvalue weighted by Gasteiger charge is -2.13. The normalized spacial score (nSPS) is 15.7. The predicted molar refractivity (Wildman–Crippen MR) is 122 cm³/mol. The zero-order valence-electron chi connectivity index (χ0n) is 17.6. The van der Waals surface area contributed by atoms with Gasteiger partial charge in [-0.25, -0.2) is 0 Å². The van der Waals surface area contributed by atoms with Gasteiger partial charge in [-0.15, -0.1) is 10.2 Å². The quantitative estimate of drug-likeness (QED) is 0.371. The number of nitriles is 1. The molecule has 0 saturated heterocycles. The van der Waals surface area contributed by atoms with E-state index in [1.54, 1.807) is 12.2 Å². The van der Waals surface area contributed by atoms with Gasteiger partial charge in [-0.05, 0) is 50.0 Å². The van der Waals surface area contributed by atoms with Crippen molar-refractivity contribution in [1.82, 2.24) is 15.5 Å². The molecule has 1 aromatic heterocycles. The van der Waals surface area contributed by atoms with E-state index in [0.29, 0.717) is 5.76 Å². The molecular weight excluding hydrogens is 410 g/mol.